The molecule has 0 aliphatic heterocycles. The zero-order chi connectivity index (χ0) is 15.0. The smallest absolute Gasteiger partial charge is 0.253 e. The number of hydrogen-bond donors (Lipinski definition) is 1. The van der Waals surface area contributed by atoms with Gasteiger partial charge in [-0.3, -0.25) is 4.72 Å². The molecule has 0 atom stereocenters. The maximum absolute atomic E-state index is 12.3. The molecule has 0 fully saturated rings. The van der Waals surface area contributed by atoms with Crippen molar-refractivity contribution in [1.29, 1.82) is 0 Å². The Kier molecular flexibility index (Phi) is 3.89. The Hall–Kier alpha value is -1.39. The van der Waals surface area contributed by atoms with Gasteiger partial charge in [-0.25, -0.2) is 8.42 Å². The van der Waals surface area contributed by atoms with Crippen molar-refractivity contribution >= 4 is 38.1 Å². The summed E-state index contributed by atoms with van der Waals surface area (Å²) in [6.45, 7) is 0. The number of rotatable bonds is 3. The molecule has 0 aliphatic carbocycles. The van der Waals surface area contributed by atoms with Crippen LogP contribution in [0, 0.1) is 0 Å². The topological polar surface area (TPSA) is 72.0 Å². The predicted molar refractivity (Wildman–Crippen MR) is 67.2 cm³/mol. The summed E-state index contributed by atoms with van der Waals surface area (Å²) in [5, 5.41) is 4.65. The maximum atomic E-state index is 12.3. The Morgan fingerprint density at radius 1 is 1.15 bits per heavy atom. The summed E-state index contributed by atoms with van der Waals surface area (Å²) in [5.41, 5.74) is 0. The van der Waals surface area contributed by atoms with E-state index in [1.165, 1.54) is 24.3 Å². The molecule has 1 N–H and O–H groups in total. The monoisotopic (exact) mass is 343 g/mol. The van der Waals surface area contributed by atoms with Crippen LogP contribution in [-0.2, 0) is 16.2 Å². The second-order valence-corrected chi connectivity index (χ2v) is 6.57. The number of benzene rings is 1. The summed E-state index contributed by atoms with van der Waals surface area (Å²) in [6.07, 6.45) is -4.67. The molecule has 0 radical (unpaired) electrons. The molecule has 2 aromatic rings. The largest absolute Gasteiger partial charge is 0.445 e. The molecule has 0 saturated carbocycles. The summed E-state index contributed by atoms with van der Waals surface area (Å²) < 4.78 is 62.6. The number of alkyl halides is 3. The highest BCUT2D eigenvalue weighted by molar-refractivity contribution is 7.93. The first-order valence-corrected chi connectivity index (χ1v) is 7.55. The van der Waals surface area contributed by atoms with Crippen LogP contribution in [0.1, 0.15) is 5.01 Å². The van der Waals surface area contributed by atoms with Crippen LogP contribution in [0.15, 0.2) is 29.2 Å². The second-order valence-electron chi connectivity index (χ2n) is 3.47. The lowest BCUT2D eigenvalue weighted by atomic mass is 10.4. The van der Waals surface area contributed by atoms with Gasteiger partial charge in [0.2, 0.25) is 10.1 Å². The molecular weight excluding hydrogens is 339 g/mol. The molecule has 0 spiro atoms. The molecule has 2 rings (SSSR count). The summed E-state index contributed by atoms with van der Waals surface area (Å²) >= 11 is 5.72. The quantitative estimate of drug-likeness (QED) is 0.929. The lowest BCUT2D eigenvalue weighted by molar-refractivity contribution is -0.138. The van der Waals surface area contributed by atoms with E-state index in [4.69, 9.17) is 11.6 Å². The van der Waals surface area contributed by atoms with Crippen LogP contribution >= 0.6 is 22.9 Å². The van der Waals surface area contributed by atoms with Crippen LogP contribution in [-0.4, -0.2) is 18.6 Å². The van der Waals surface area contributed by atoms with E-state index < -0.39 is 26.3 Å². The number of nitrogens with one attached hydrogen (secondary N) is 1. The van der Waals surface area contributed by atoms with Gasteiger partial charge in [0.05, 0.1) is 4.90 Å². The van der Waals surface area contributed by atoms with E-state index in [0.717, 1.165) is 0 Å². The van der Waals surface area contributed by atoms with Crippen molar-refractivity contribution in [1.82, 2.24) is 10.2 Å². The Morgan fingerprint density at radius 3 is 2.25 bits per heavy atom. The summed E-state index contributed by atoms with van der Waals surface area (Å²) in [6, 6.07) is 5.13. The van der Waals surface area contributed by atoms with Gasteiger partial charge < -0.3 is 0 Å². The van der Waals surface area contributed by atoms with Crippen molar-refractivity contribution in [3.8, 4) is 0 Å². The minimum absolute atomic E-state index is 0.101. The SMILES string of the molecule is O=S(=O)(Nc1nnc(C(F)(F)F)s1)c1ccc(Cl)cc1. The van der Waals surface area contributed by atoms with E-state index in [-0.39, 0.29) is 16.2 Å². The van der Waals surface area contributed by atoms with E-state index in [1.54, 1.807) is 0 Å². The molecule has 5 nitrogen and oxygen atoms in total. The van der Waals surface area contributed by atoms with E-state index in [0.29, 0.717) is 5.02 Å². The second kappa shape index (κ2) is 5.19. The van der Waals surface area contributed by atoms with Gasteiger partial charge >= 0.3 is 6.18 Å². The Morgan fingerprint density at radius 2 is 1.75 bits per heavy atom. The Labute approximate surface area is 120 Å². The summed E-state index contributed by atoms with van der Waals surface area (Å²) in [7, 11) is -4.03. The average Bonchev–Trinajstić information content (AvgIpc) is 2.77. The molecule has 1 aromatic heterocycles. The van der Waals surface area contributed by atoms with Gasteiger partial charge in [0, 0.05) is 5.02 Å². The van der Waals surface area contributed by atoms with E-state index >= 15 is 0 Å². The molecule has 0 aliphatic rings. The molecular formula is C9H5ClF3N3O2S2. The van der Waals surface area contributed by atoms with Crippen LogP contribution in [0.4, 0.5) is 18.3 Å². The zero-order valence-electron chi connectivity index (χ0n) is 9.35. The molecule has 11 heteroatoms. The van der Waals surface area contributed by atoms with Crippen molar-refractivity contribution in [2.45, 2.75) is 11.1 Å². The van der Waals surface area contributed by atoms with Crippen LogP contribution in [0.5, 0.6) is 0 Å². The highest BCUT2D eigenvalue weighted by atomic mass is 35.5. The number of sulfonamides is 1. The van der Waals surface area contributed by atoms with Crippen LogP contribution in [0.2, 0.25) is 5.02 Å². The molecule has 0 bridgehead atoms. The van der Waals surface area contributed by atoms with Crippen molar-refractivity contribution in [3.63, 3.8) is 0 Å². The number of nitrogens with zero attached hydrogens (tertiary/aromatic N) is 2. The highest BCUT2D eigenvalue weighted by Gasteiger charge is 2.36. The van der Waals surface area contributed by atoms with Gasteiger partial charge in [0.25, 0.3) is 10.0 Å². The molecule has 1 heterocycles. The van der Waals surface area contributed by atoms with E-state index in [9.17, 15) is 21.6 Å². The third-order valence-corrected chi connectivity index (χ3v) is 4.63. The summed E-state index contributed by atoms with van der Waals surface area (Å²) in [5.74, 6) is 0. The van der Waals surface area contributed by atoms with Gasteiger partial charge in [0.15, 0.2) is 0 Å². The maximum Gasteiger partial charge on any atom is 0.445 e. The van der Waals surface area contributed by atoms with Gasteiger partial charge in [-0.15, -0.1) is 10.2 Å². The van der Waals surface area contributed by atoms with Gasteiger partial charge in [-0.1, -0.05) is 22.9 Å². The third-order valence-electron chi connectivity index (χ3n) is 2.01. The fraction of sp³-hybridized carbons (Fsp3) is 0.111. The fourth-order valence-electron chi connectivity index (χ4n) is 1.17. The van der Waals surface area contributed by atoms with Crippen molar-refractivity contribution < 1.29 is 21.6 Å². The van der Waals surface area contributed by atoms with Crippen molar-refractivity contribution in [2.24, 2.45) is 0 Å². The first kappa shape index (κ1) is 15.0. The molecule has 0 saturated heterocycles. The Balaban J connectivity index is 2.25. The van der Waals surface area contributed by atoms with Gasteiger partial charge in [-0.05, 0) is 24.3 Å². The lowest BCUT2D eigenvalue weighted by Crippen LogP contribution is -2.12. The number of anilines is 1. The zero-order valence-corrected chi connectivity index (χ0v) is 11.7. The summed E-state index contributed by atoms with van der Waals surface area (Å²) in [4.78, 5) is -0.148. The first-order valence-electron chi connectivity index (χ1n) is 4.87. The fourth-order valence-corrected chi connectivity index (χ4v) is 3.13. The predicted octanol–water partition coefficient (Wildman–Crippen LogP) is 3.01. The standard InChI is InChI=1S/C9H5ClF3N3O2S2/c10-5-1-3-6(4-2-5)20(17,18)16-8-15-14-7(19-8)9(11,12)13/h1-4H,(H,15,16). The minimum Gasteiger partial charge on any atom is -0.253 e. The van der Waals surface area contributed by atoms with E-state index in [1.807, 2.05) is 4.72 Å². The highest BCUT2D eigenvalue weighted by Crippen LogP contribution is 2.33. The number of aromatic nitrogens is 2. The molecule has 0 unspecified atom stereocenters. The van der Waals surface area contributed by atoms with Crippen LogP contribution in [0.25, 0.3) is 0 Å². The normalized spacial score (nSPS) is 12.4. The average molecular weight is 344 g/mol. The van der Waals surface area contributed by atoms with Crippen molar-refractivity contribution in [3.05, 3.63) is 34.3 Å². The van der Waals surface area contributed by atoms with Crippen LogP contribution in [0.3, 0.4) is 0 Å². The molecule has 0 amide bonds. The van der Waals surface area contributed by atoms with Crippen molar-refractivity contribution in [2.75, 3.05) is 4.72 Å². The minimum atomic E-state index is -4.67. The number of halogens is 4. The third kappa shape index (κ3) is 3.38. The first-order chi connectivity index (χ1) is 9.18. The molecule has 20 heavy (non-hydrogen) atoms. The van der Waals surface area contributed by atoms with E-state index in [2.05, 4.69) is 10.2 Å². The lowest BCUT2D eigenvalue weighted by Gasteiger charge is -2.04. The van der Waals surface area contributed by atoms with Crippen LogP contribution < -0.4 is 4.72 Å². The number of hydrogen-bond acceptors (Lipinski definition) is 5. The molecule has 1 aromatic carbocycles. The van der Waals surface area contributed by atoms with Gasteiger partial charge in [0.1, 0.15) is 0 Å². The Bertz CT molecular complexity index is 713. The molecule has 108 valence electrons. The van der Waals surface area contributed by atoms with Gasteiger partial charge in [-0.2, -0.15) is 13.2 Å².